The number of aryl methyl sites for hydroxylation is 1. The second-order valence-corrected chi connectivity index (χ2v) is 6.12. The molecule has 0 spiro atoms. The fourth-order valence-electron chi connectivity index (χ4n) is 1.92. The third kappa shape index (κ3) is 6.19. The molecular weight excluding hydrogens is 325 g/mol. The van der Waals surface area contributed by atoms with Crippen LogP contribution in [0.5, 0.6) is 5.75 Å². The number of alkyl halides is 3. The molecule has 0 bridgehead atoms. The number of benzene rings is 1. The van der Waals surface area contributed by atoms with Crippen molar-refractivity contribution < 1.29 is 17.9 Å². The van der Waals surface area contributed by atoms with Crippen molar-refractivity contribution in [1.82, 2.24) is 10.3 Å². The summed E-state index contributed by atoms with van der Waals surface area (Å²) in [6.45, 7) is 1.78. The van der Waals surface area contributed by atoms with E-state index >= 15 is 0 Å². The molecule has 0 saturated carbocycles. The quantitative estimate of drug-likeness (QED) is 0.725. The van der Waals surface area contributed by atoms with Crippen LogP contribution < -0.4 is 10.1 Å². The highest BCUT2D eigenvalue weighted by Gasteiger charge is 2.25. The summed E-state index contributed by atoms with van der Waals surface area (Å²) in [7, 11) is 0. The smallest absolute Gasteiger partial charge is 0.401 e. The van der Waals surface area contributed by atoms with E-state index in [2.05, 4.69) is 17.2 Å². The van der Waals surface area contributed by atoms with Crippen LogP contribution in [-0.2, 0) is 6.42 Å². The van der Waals surface area contributed by atoms with Crippen LogP contribution in [0.25, 0.3) is 10.6 Å². The van der Waals surface area contributed by atoms with Crippen molar-refractivity contribution >= 4 is 11.3 Å². The topological polar surface area (TPSA) is 34.1 Å². The van der Waals surface area contributed by atoms with Gasteiger partial charge in [-0.15, -0.1) is 11.3 Å². The van der Waals surface area contributed by atoms with Crippen molar-refractivity contribution in [3.63, 3.8) is 0 Å². The van der Waals surface area contributed by atoms with E-state index in [0.29, 0.717) is 18.8 Å². The lowest BCUT2D eigenvalue weighted by molar-refractivity contribution is -0.124. The zero-order valence-corrected chi connectivity index (χ0v) is 13.6. The van der Waals surface area contributed by atoms with E-state index in [1.807, 2.05) is 30.5 Å². The molecule has 0 aliphatic heterocycles. The molecule has 3 nitrogen and oxygen atoms in total. The average molecular weight is 344 g/mol. The maximum atomic E-state index is 11.9. The number of hydrogen-bond acceptors (Lipinski definition) is 4. The molecule has 0 amide bonds. The Labute approximate surface area is 137 Å². The summed E-state index contributed by atoms with van der Waals surface area (Å²) in [5, 5.41) is 3.31. The molecular formula is C16H19F3N2OS. The number of thiazole rings is 1. The number of hydrogen-bond donors (Lipinski definition) is 1. The Balaban J connectivity index is 1.73. The van der Waals surface area contributed by atoms with Crippen molar-refractivity contribution in [3.05, 3.63) is 35.3 Å². The first-order valence-electron chi connectivity index (χ1n) is 7.43. The predicted molar refractivity (Wildman–Crippen MR) is 86.0 cm³/mol. The summed E-state index contributed by atoms with van der Waals surface area (Å²) in [6, 6.07) is 7.59. The van der Waals surface area contributed by atoms with Gasteiger partial charge in [-0.2, -0.15) is 13.2 Å². The Morgan fingerprint density at radius 2 is 1.96 bits per heavy atom. The second kappa shape index (κ2) is 8.31. The highest BCUT2D eigenvalue weighted by molar-refractivity contribution is 7.15. The molecule has 1 aromatic heterocycles. The van der Waals surface area contributed by atoms with Gasteiger partial charge in [0.25, 0.3) is 0 Å². The van der Waals surface area contributed by atoms with Gasteiger partial charge in [-0.05, 0) is 43.7 Å². The molecule has 0 unspecified atom stereocenters. The van der Waals surface area contributed by atoms with Crippen LogP contribution in [0.3, 0.4) is 0 Å². The molecule has 1 aromatic carbocycles. The zero-order chi connectivity index (χ0) is 16.7. The first kappa shape index (κ1) is 17.7. The monoisotopic (exact) mass is 344 g/mol. The van der Waals surface area contributed by atoms with Gasteiger partial charge in [0, 0.05) is 16.6 Å². The molecule has 0 saturated heterocycles. The van der Waals surface area contributed by atoms with Crippen molar-refractivity contribution in [3.8, 4) is 16.3 Å². The normalized spacial score (nSPS) is 11.7. The third-order valence-electron chi connectivity index (χ3n) is 3.10. The number of nitrogens with zero attached hydrogens (tertiary/aromatic N) is 1. The second-order valence-electron chi connectivity index (χ2n) is 5.00. The van der Waals surface area contributed by atoms with E-state index < -0.39 is 12.7 Å². The molecule has 0 radical (unpaired) electrons. The predicted octanol–water partition coefficient (Wildman–Crippen LogP) is 4.29. The van der Waals surface area contributed by atoms with Gasteiger partial charge in [0.2, 0.25) is 0 Å². The van der Waals surface area contributed by atoms with E-state index in [1.54, 1.807) is 11.3 Å². The molecule has 2 aromatic rings. The van der Waals surface area contributed by atoms with E-state index in [1.165, 1.54) is 4.88 Å². The van der Waals surface area contributed by atoms with Crippen LogP contribution in [0.2, 0.25) is 0 Å². The fraction of sp³-hybridized carbons (Fsp3) is 0.438. The van der Waals surface area contributed by atoms with Crippen molar-refractivity contribution in [2.75, 3.05) is 19.7 Å². The summed E-state index contributed by atoms with van der Waals surface area (Å²) in [5.41, 5.74) is 1.04. The lowest BCUT2D eigenvalue weighted by Gasteiger charge is -2.09. The van der Waals surface area contributed by atoms with Gasteiger partial charge in [-0.25, -0.2) is 4.98 Å². The van der Waals surface area contributed by atoms with Gasteiger partial charge in [0.05, 0.1) is 13.2 Å². The number of halogens is 3. The molecule has 23 heavy (non-hydrogen) atoms. The molecule has 1 N–H and O–H groups in total. The van der Waals surface area contributed by atoms with Crippen molar-refractivity contribution in [1.29, 1.82) is 0 Å². The van der Waals surface area contributed by atoms with Crippen LogP contribution in [0.4, 0.5) is 13.2 Å². The van der Waals surface area contributed by atoms with Gasteiger partial charge in [-0.3, -0.25) is 0 Å². The summed E-state index contributed by atoms with van der Waals surface area (Å²) in [6.07, 6.45) is -0.784. The highest BCUT2D eigenvalue weighted by atomic mass is 32.1. The van der Waals surface area contributed by atoms with Crippen LogP contribution >= 0.6 is 11.3 Å². The van der Waals surface area contributed by atoms with Gasteiger partial charge in [0.1, 0.15) is 10.8 Å². The zero-order valence-electron chi connectivity index (χ0n) is 12.8. The molecule has 0 aliphatic rings. The van der Waals surface area contributed by atoms with Crippen molar-refractivity contribution in [2.45, 2.75) is 25.9 Å². The largest absolute Gasteiger partial charge is 0.494 e. The Morgan fingerprint density at radius 3 is 2.57 bits per heavy atom. The first-order chi connectivity index (χ1) is 11.0. The Hall–Kier alpha value is -1.60. The van der Waals surface area contributed by atoms with Crippen LogP contribution in [0.1, 0.15) is 18.2 Å². The van der Waals surface area contributed by atoms with E-state index in [0.717, 1.165) is 17.0 Å². The number of aromatic nitrogens is 1. The summed E-state index contributed by atoms with van der Waals surface area (Å²) >= 11 is 1.67. The number of nitrogens with one attached hydrogen (secondary N) is 1. The van der Waals surface area contributed by atoms with Crippen molar-refractivity contribution in [2.24, 2.45) is 0 Å². The number of ether oxygens (including phenoxy) is 1. The molecule has 0 fully saturated rings. The Morgan fingerprint density at radius 1 is 1.22 bits per heavy atom. The molecule has 0 atom stereocenters. The summed E-state index contributed by atoms with van der Waals surface area (Å²) in [4.78, 5) is 5.62. The molecule has 2 rings (SSSR count). The highest BCUT2D eigenvalue weighted by Crippen LogP contribution is 2.27. The lowest BCUT2D eigenvalue weighted by Crippen LogP contribution is -2.30. The Kier molecular flexibility index (Phi) is 6.41. The SMILES string of the molecule is CCc1cnc(-c2ccc(OCCCNCC(F)(F)F)cc2)s1. The summed E-state index contributed by atoms with van der Waals surface area (Å²) in [5.74, 6) is 0.705. The van der Waals surface area contributed by atoms with Gasteiger partial charge in [0.15, 0.2) is 0 Å². The molecule has 1 heterocycles. The standard InChI is InChI=1S/C16H19F3N2OS/c1-2-14-10-21-15(23-14)12-4-6-13(7-5-12)22-9-3-8-20-11-16(17,18)19/h4-7,10,20H,2-3,8-9,11H2,1H3. The minimum absolute atomic E-state index is 0.274. The van der Waals surface area contributed by atoms with E-state index in [-0.39, 0.29) is 6.54 Å². The van der Waals surface area contributed by atoms with Crippen LogP contribution in [-0.4, -0.2) is 30.9 Å². The maximum absolute atomic E-state index is 11.9. The van der Waals surface area contributed by atoms with Crippen LogP contribution in [0.15, 0.2) is 30.5 Å². The van der Waals surface area contributed by atoms with Gasteiger partial charge < -0.3 is 10.1 Å². The third-order valence-corrected chi connectivity index (χ3v) is 4.29. The van der Waals surface area contributed by atoms with Crippen LogP contribution in [0, 0.1) is 0 Å². The first-order valence-corrected chi connectivity index (χ1v) is 8.25. The van der Waals surface area contributed by atoms with E-state index in [9.17, 15) is 13.2 Å². The minimum atomic E-state index is -4.16. The van der Waals surface area contributed by atoms with Gasteiger partial charge >= 0.3 is 6.18 Å². The molecule has 7 heteroatoms. The Bertz CT molecular complexity index is 596. The average Bonchev–Trinajstić information content (AvgIpc) is 2.99. The molecule has 0 aliphatic carbocycles. The minimum Gasteiger partial charge on any atom is -0.494 e. The maximum Gasteiger partial charge on any atom is 0.401 e. The summed E-state index contributed by atoms with van der Waals surface area (Å²) < 4.78 is 41.3. The molecule has 126 valence electrons. The van der Waals surface area contributed by atoms with Gasteiger partial charge in [-0.1, -0.05) is 6.92 Å². The fourth-order valence-corrected chi connectivity index (χ4v) is 2.77. The lowest BCUT2D eigenvalue weighted by atomic mass is 10.2. The number of rotatable bonds is 8. The van der Waals surface area contributed by atoms with E-state index in [4.69, 9.17) is 4.74 Å².